The van der Waals surface area contributed by atoms with Gasteiger partial charge in [0.1, 0.15) is 11.5 Å². The summed E-state index contributed by atoms with van der Waals surface area (Å²) in [6.07, 6.45) is -2.40. The second-order valence-electron chi connectivity index (χ2n) is 6.24. The minimum Gasteiger partial charge on any atom is -0.380 e. The van der Waals surface area contributed by atoms with Crippen molar-refractivity contribution in [2.45, 2.75) is 24.6 Å². The van der Waals surface area contributed by atoms with Crippen LogP contribution in [0.4, 0.5) is 17.6 Å². The van der Waals surface area contributed by atoms with Gasteiger partial charge in [0.2, 0.25) is 0 Å². The number of pyridine rings is 1. The van der Waals surface area contributed by atoms with Crippen molar-refractivity contribution in [1.82, 2.24) is 10.3 Å². The molecule has 0 bridgehead atoms. The summed E-state index contributed by atoms with van der Waals surface area (Å²) >= 11 is 0. The Morgan fingerprint density at radius 3 is 2.44 bits per heavy atom. The van der Waals surface area contributed by atoms with Gasteiger partial charge in [0.05, 0.1) is 6.61 Å². The molecule has 1 saturated heterocycles. The van der Waals surface area contributed by atoms with Gasteiger partial charge in [0.25, 0.3) is 0 Å². The van der Waals surface area contributed by atoms with E-state index < -0.39 is 11.9 Å². The van der Waals surface area contributed by atoms with Crippen molar-refractivity contribution in [3.63, 3.8) is 0 Å². The summed E-state index contributed by atoms with van der Waals surface area (Å²) < 4.78 is 56.3. The monoisotopic (exact) mass is 354 g/mol. The fourth-order valence-electron chi connectivity index (χ4n) is 3.02. The first-order chi connectivity index (χ1) is 11.9. The molecule has 1 aliphatic heterocycles. The summed E-state index contributed by atoms with van der Waals surface area (Å²) in [5.41, 5.74) is 0.501. The van der Waals surface area contributed by atoms with Crippen LogP contribution in [0.3, 0.4) is 0 Å². The second-order valence-corrected chi connectivity index (χ2v) is 6.24. The molecule has 25 heavy (non-hydrogen) atoms. The van der Waals surface area contributed by atoms with Gasteiger partial charge < -0.3 is 10.1 Å². The van der Waals surface area contributed by atoms with Crippen LogP contribution in [0.25, 0.3) is 0 Å². The van der Waals surface area contributed by atoms with E-state index >= 15 is 0 Å². The Kier molecular flexibility index (Phi) is 5.06. The summed E-state index contributed by atoms with van der Waals surface area (Å²) in [5, 5.41) is 3.26. The van der Waals surface area contributed by atoms with Crippen molar-refractivity contribution in [3.8, 4) is 0 Å². The maximum atomic E-state index is 13.2. The zero-order valence-electron chi connectivity index (χ0n) is 13.4. The summed E-state index contributed by atoms with van der Waals surface area (Å²) in [5.74, 6) is -0.290. The molecular weight excluding hydrogens is 336 g/mol. The van der Waals surface area contributed by atoms with Gasteiger partial charge >= 0.3 is 6.18 Å². The lowest BCUT2D eigenvalue weighted by atomic mass is 9.79. The van der Waals surface area contributed by atoms with Crippen LogP contribution in [-0.2, 0) is 22.9 Å². The summed E-state index contributed by atoms with van der Waals surface area (Å²) in [4.78, 5) is 3.45. The van der Waals surface area contributed by atoms with Gasteiger partial charge in [0, 0.05) is 31.3 Å². The van der Waals surface area contributed by atoms with Crippen molar-refractivity contribution < 1.29 is 22.3 Å². The standard InChI is InChI=1S/C18H18F4N2O/c19-15-4-2-14(3-5-15)17(7-8-25-12-17)11-23-9-13-1-6-16(24-10-13)18(20,21)22/h1-6,10,23H,7-9,11-12H2. The highest BCUT2D eigenvalue weighted by Crippen LogP contribution is 2.33. The molecule has 7 heteroatoms. The zero-order chi connectivity index (χ0) is 17.9. The quantitative estimate of drug-likeness (QED) is 0.832. The number of aromatic nitrogens is 1. The summed E-state index contributed by atoms with van der Waals surface area (Å²) in [7, 11) is 0. The zero-order valence-corrected chi connectivity index (χ0v) is 13.4. The Bertz CT molecular complexity index is 693. The van der Waals surface area contributed by atoms with Crippen LogP contribution in [-0.4, -0.2) is 24.7 Å². The van der Waals surface area contributed by atoms with E-state index in [0.29, 0.717) is 31.9 Å². The highest BCUT2D eigenvalue weighted by Gasteiger charge is 2.36. The van der Waals surface area contributed by atoms with Crippen molar-refractivity contribution in [3.05, 3.63) is 65.2 Å². The first-order valence-electron chi connectivity index (χ1n) is 7.96. The Balaban J connectivity index is 1.64. The molecule has 2 aromatic rings. The molecule has 134 valence electrons. The molecule has 1 unspecified atom stereocenters. The van der Waals surface area contributed by atoms with Gasteiger partial charge in [0.15, 0.2) is 0 Å². The predicted molar refractivity (Wildman–Crippen MR) is 84.5 cm³/mol. The molecule has 1 N–H and O–H groups in total. The van der Waals surface area contributed by atoms with Crippen LogP contribution in [0.15, 0.2) is 42.6 Å². The first kappa shape index (κ1) is 17.8. The van der Waals surface area contributed by atoms with Crippen molar-refractivity contribution in [1.29, 1.82) is 0 Å². The van der Waals surface area contributed by atoms with E-state index in [1.54, 1.807) is 12.1 Å². The minimum absolute atomic E-state index is 0.257. The fraction of sp³-hybridized carbons (Fsp3) is 0.389. The van der Waals surface area contributed by atoms with E-state index in [1.807, 2.05) is 0 Å². The molecule has 3 rings (SSSR count). The Morgan fingerprint density at radius 1 is 1.12 bits per heavy atom. The largest absolute Gasteiger partial charge is 0.433 e. The predicted octanol–water partition coefficient (Wildman–Crippen LogP) is 3.69. The third-order valence-corrected chi connectivity index (χ3v) is 4.47. The third-order valence-electron chi connectivity index (χ3n) is 4.47. The van der Waals surface area contributed by atoms with E-state index in [0.717, 1.165) is 18.1 Å². The molecule has 0 aliphatic carbocycles. The summed E-state index contributed by atoms with van der Waals surface area (Å²) in [6.45, 7) is 2.13. The van der Waals surface area contributed by atoms with E-state index in [-0.39, 0.29) is 11.2 Å². The highest BCUT2D eigenvalue weighted by molar-refractivity contribution is 5.28. The Morgan fingerprint density at radius 2 is 1.88 bits per heavy atom. The van der Waals surface area contributed by atoms with Gasteiger partial charge in [-0.25, -0.2) is 4.39 Å². The lowest BCUT2D eigenvalue weighted by molar-refractivity contribution is -0.141. The van der Waals surface area contributed by atoms with E-state index in [1.165, 1.54) is 24.4 Å². The Labute approximate surface area is 143 Å². The van der Waals surface area contributed by atoms with Crippen molar-refractivity contribution >= 4 is 0 Å². The van der Waals surface area contributed by atoms with Crippen LogP contribution < -0.4 is 5.32 Å². The van der Waals surface area contributed by atoms with E-state index in [2.05, 4.69) is 10.3 Å². The lowest BCUT2D eigenvalue weighted by Gasteiger charge is -2.28. The number of hydrogen-bond acceptors (Lipinski definition) is 3. The molecule has 0 spiro atoms. The molecule has 1 aliphatic rings. The van der Waals surface area contributed by atoms with E-state index in [4.69, 9.17) is 4.74 Å². The SMILES string of the molecule is Fc1ccc(C2(CNCc3ccc(C(F)(F)F)nc3)CCOC2)cc1. The first-order valence-corrected chi connectivity index (χ1v) is 7.96. The highest BCUT2D eigenvalue weighted by atomic mass is 19.4. The maximum absolute atomic E-state index is 13.2. The second kappa shape index (κ2) is 7.09. The average molecular weight is 354 g/mol. The number of hydrogen-bond donors (Lipinski definition) is 1. The molecule has 0 radical (unpaired) electrons. The van der Waals surface area contributed by atoms with Crippen LogP contribution >= 0.6 is 0 Å². The molecule has 1 aromatic heterocycles. The van der Waals surface area contributed by atoms with Crippen LogP contribution in [0.1, 0.15) is 23.2 Å². The Hall–Kier alpha value is -1.99. The lowest BCUT2D eigenvalue weighted by Crippen LogP contribution is -2.38. The van der Waals surface area contributed by atoms with Crippen molar-refractivity contribution in [2.24, 2.45) is 0 Å². The molecule has 1 fully saturated rings. The van der Waals surface area contributed by atoms with Gasteiger partial charge in [-0.1, -0.05) is 18.2 Å². The van der Waals surface area contributed by atoms with Crippen LogP contribution in [0.2, 0.25) is 0 Å². The number of rotatable bonds is 5. The van der Waals surface area contributed by atoms with Crippen molar-refractivity contribution in [2.75, 3.05) is 19.8 Å². The number of nitrogens with zero attached hydrogens (tertiary/aromatic N) is 1. The molecule has 1 atom stereocenters. The molecule has 1 aromatic carbocycles. The average Bonchev–Trinajstić information content (AvgIpc) is 3.05. The number of halogens is 4. The van der Waals surface area contributed by atoms with Gasteiger partial charge in [-0.05, 0) is 35.7 Å². The number of ether oxygens (including phenoxy) is 1. The minimum atomic E-state index is -4.43. The molecule has 0 amide bonds. The summed E-state index contributed by atoms with van der Waals surface area (Å²) in [6, 6.07) is 8.76. The normalized spacial score (nSPS) is 20.8. The van der Waals surface area contributed by atoms with E-state index in [9.17, 15) is 17.6 Å². The number of nitrogens with one attached hydrogen (secondary N) is 1. The van der Waals surface area contributed by atoms with Gasteiger partial charge in [-0.2, -0.15) is 13.2 Å². The smallest absolute Gasteiger partial charge is 0.380 e. The third kappa shape index (κ3) is 4.16. The van der Waals surface area contributed by atoms with Gasteiger partial charge in [-0.3, -0.25) is 4.98 Å². The van der Waals surface area contributed by atoms with Crippen LogP contribution in [0.5, 0.6) is 0 Å². The number of alkyl halides is 3. The topological polar surface area (TPSA) is 34.2 Å². The number of benzene rings is 1. The molecule has 3 nitrogen and oxygen atoms in total. The molecular formula is C18H18F4N2O. The van der Waals surface area contributed by atoms with Crippen LogP contribution in [0, 0.1) is 5.82 Å². The molecule has 0 saturated carbocycles. The maximum Gasteiger partial charge on any atom is 0.433 e. The fourth-order valence-corrected chi connectivity index (χ4v) is 3.02. The van der Waals surface area contributed by atoms with Gasteiger partial charge in [-0.15, -0.1) is 0 Å². The molecule has 2 heterocycles.